The van der Waals surface area contributed by atoms with Crippen LogP contribution in [0, 0.1) is 11.8 Å². The van der Waals surface area contributed by atoms with Crippen LogP contribution >= 0.6 is 11.8 Å². The SMILES string of the molecule is CSc1ccc(C(C)N2CC3CNCC3C2(C)C)cc1. The Bertz CT molecular complexity index is 468. The molecule has 0 aromatic heterocycles. The van der Waals surface area contributed by atoms with E-state index in [9.17, 15) is 0 Å². The number of nitrogens with zero attached hydrogens (tertiary/aromatic N) is 1. The van der Waals surface area contributed by atoms with Crippen LogP contribution in [0.4, 0.5) is 0 Å². The monoisotopic (exact) mass is 290 g/mol. The van der Waals surface area contributed by atoms with Crippen LogP contribution in [0.3, 0.4) is 0 Å². The third-order valence-electron chi connectivity index (χ3n) is 5.48. The van der Waals surface area contributed by atoms with Crippen LogP contribution in [0.1, 0.15) is 32.4 Å². The van der Waals surface area contributed by atoms with Crippen molar-refractivity contribution >= 4 is 11.8 Å². The molecule has 1 aromatic carbocycles. The molecular weight excluding hydrogens is 264 g/mol. The van der Waals surface area contributed by atoms with Gasteiger partial charge in [-0.3, -0.25) is 4.90 Å². The molecule has 1 N–H and O–H groups in total. The predicted molar refractivity (Wildman–Crippen MR) is 87.3 cm³/mol. The van der Waals surface area contributed by atoms with E-state index < -0.39 is 0 Å². The highest BCUT2D eigenvalue weighted by Gasteiger charge is 2.50. The fourth-order valence-corrected chi connectivity index (χ4v) is 4.58. The summed E-state index contributed by atoms with van der Waals surface area (Å²) in [6, 6.07) is 9.62. The zero-order valence-corrected chi connectivity index (χ0v) is 13.8. The van der Waals surface area contributed by atoms with Crippen molar-refractivity contribution < 1.29 is 0 Å². The van der Waals surface area contributed by atoms with E-state index >= 15 is 0 Å². The van der Waals surface area contributed by atoms with Crippen LogP contribution in [0.15, 0.2) is 29.2 Å². The summed E-state index contributed by atoms with van der Waals surface area (Å²) in [6.45, 7) is 10.8. The van der Waals surface area contributed by atoms with Crippen LogP contribution < -0.4 is 5.32 Å². The molecule has 110 valence electrons. The summed E-state index contributed by atoms with van der Waals surface area (Å²) in [7, 11) is 0. The van der Waals surface area contributed by atoms with Crippen molar-refractivity contribution in [1.29, 1.82) is 0 Å². The summed E-state index contributed by atoms with van der Waals surface area (Å²) in [5.41, 5.74) is 1.75. The molecule has 1 aromatic rings. The lowest BCUT2D eigenvalue weighted by molar-refractivity contribution is 0.0970. The molecule has 0 radical (unpaired) electrons. The molecule has 2 saturated heterocycles. The van der Waals surface area contributed by atoms with Crippen LogP contribution in [0.5, 0.6) is 0 Å². The van der Waals surface area contributed by atoms with Crippen LogP contribution in [0.25, 0.3) is 0 Å². The van der Waals surface area contributed by atoms with E-state index in [4.69, 9.17) is 0 Å². The topological polar surface area (TPSA) is 15.3 Å². The lowest BCUT2D eigenvalue weighted by Crippen LogP contribution is -2.45. The van der Waals surface area contributed by atoms with Crippen LogP contribution in [-0.2, 0) is 0 Å². The van der Waals surface area contributed by atoms with Gasteiger partial charge in [0.2, 0.25) is 0 Å². The largest absolute Gasteiger partial charge is 0.316 e. The molecule has 2 aliphatic heterocycles. The van der Waals surface area contributed by atoms with Crippen molar-refractivity contribution in [1.82, 2.24) is 10.2 Å². The fraction of sp³-hybridized carbons (Fsp3) is 0.647. The molecule has 3 atom stereocenters. The van der Waals surface area contributed by atoms with Crippen molar-refractivity contribution in [3.63, 3.8) is 0 Å². The second-order valence-electron chi connectivity index (χ2n) is 6.78. The van der Waals surface area contributed by atoms with Gasteiger partial charge < -0.3 is 5.32 Å². The predicted octanol–water partition coefficient (Wildman–Crippen LogP) is 3.40. The molecule has 0 saturated carbocycles. The molecule has 2 heterocycles. The van der Waals surface area contributed by atoms with Gasteiger partial charge in [0.15, 0.2) is 0 Å². The smallest absolute Gasteiger partial charge is 0.0325 e. The average Bonchev–Trinajstić information content (AvgIpc) is 3.01. The Kier molecular flexibility index (Phi) is 3.87. The van der Waals surface area contributed by atoms with Gasteiger partial charge in [-0.05, 0) is 63.1 Å². The quantitative estimate of drug-likeness (QED) is 0.859. The third kappa shape index (κ3) is 2.30. The van der Waals surface area contributed by atoms with Crippen LogP contribution in [-0.4, -0.2) is 36.3 Å². The first kappa shape index (κ1) is 14.4. The first-order chi connectivity index (χ1) is 9.54. The molecule has 0 bridgehead atoms. The van der Waals surface area contributed by atoms with E-state index in [2.05, 4.69) is 61.5 Å². The highest BCUT2D eigenvalue weighted by Crippen LogP contribution is 2.44. The van der Waals surface area contributed by atoms with Crippen molar-refractivity contribution in [2.75, 3.05) is 25.9 Å². The highest BCUT2D eigenvalue weighted by atomic mass is 32.2. The molecule has 0 aliphatic carbocycles. The molecule has 2 fully saturated rings. The van der Waals surface area contributed by atoms with Gasteiger partial charge >= 0.3 is 0 Å². The molecule has 20 heavy (non-hydrogen) atoms. The number of hydrogen-bond acceptors (Lipinski definition) is 3. The molecule has 2 nitrogen and oxygen atoms in total. The number of fused-ring (bicyclic) bond motifs is 1. The number of benzene rings is 1. The van der Waals surface area contributed by atoms with Gasteiger partial charge in [-0.2, -0.15) is 0 Å². The number of hydrogen-bond donors (Lipinski definition) is 1. The summed E-state index contributed by atoms with van der Waals surface area (Å²) < 4.78 is 0. The summed E-state index contributed by atoms with van der Waals surface area (Å²) in [5, 5.41) is 3.56. The van der Waals surface area contributed by atoms with Gasteiger partial charge in [0.25, 0.3) is 0 Å². The number of thioether (sulfide) groups is 1. The van der Waals surface area contributed by atoms with E-state index in [1.807, 2.05) is 11.8 Å². The minimum atomic E-state index is 0.297. The van der Waals surface area contributed by atoms with E-state index in [0.717, 1.165) is 11.8 Å². The van der Waals surface area contributed by atoms with Gasteiger partial charge in [0.1, 0.15) is 0 Å². The Balaban J connectivity index is 1.81. The molecule has 3 unspecified atom stereocenters. The van der Waals surface area contributed by atoms with Gasteiger partial charge in [-0.25, -0.2) is 0 Å². The van der Waals surface area contributed by atoms with Crippen molar-refractivity contribution in [2.24, 2.45) is 11.8 Å². The zero-order chi connectivity index (χ0) is 14.3. The first-order valence-corrected chi connectivity index (χ1v) is 8.88. The minimum absolute atomic E-state index is 0.297. The number of likely N-dealkylation sites (tertiary alicyclic amines) is 1. The highest BCUT2D eigenvalue weighted by molar-refractivity contribution is 7.98. The standard InChI is InChI=1S/C17H26N2S/c1-12(13-5-7-15(20-4)8-6-13)19-11-14-9-18-10-16(14)17(19,2)3/h5-8,12,14,16,18H,9-11H2,1-4H3. The molecule has 3 heteroatoms. The van der Waals surface area contributed by atoms with Crippen molar-refractivity contribution in [3.8, 4) is 0 Å². The second kappa shape index (κ2) is 5.36. The molecule has 3 rings (SSSR count). The molecule has 0 amide bonds. The Labute approximate surface area is 127 Å². The van der Waals surface area contributed by atoms with Crippen molar-refractivity contribution in [3.05, 3.63) is 29.8 Å². The first-order valence-electron chi connectivity index (χ1n) is 7.65. The van der Waals surface area contributed by atoms with E-state index in [-0.39, 0.29) is 0 Å². The number of nitrogens with one attached hydrogen (secondary N) is 1. The van der Waals surface area contributed by atoms with E-state index in [0.29, 0.717) is 11.6 Å². The summed E-state index contributed by atoms with van der Waals surface area (Å²) in [5.74, 6) is 1.63. The van der Waals surface area contributed by atoms with E-state index in [1.165, 1.54) is 30.1 Å². The molecular formula is C17H26N2S. The maximum Gasteiger partial charge on any atom is 0.0325 e. The fourth-order valence-electron chi connectivity index (χ4n) is 4.17. The molecule has 0 spiro atoms. The second-order valence-corrected chi connectivity index (χ2v) is 7.66. The Morgan fingerprint density at radius 1 is 1.25 bits per heavy atom. The maximum atomic E-state index is 3.56. The summed E-state index contributed by atoms with van der Waals surface area (Å²) >= 11 is 1.81. The average molecular weight is 290 g/mol. The van der Waals surface area contributed by atoms with Gasteiger partial charge in [0.05, 0.1) is 0 Å². The number of rotatable bonds is 3. The van der Waals surface area contributed by atoms with Crippen molar-refractivity contribution in [2.45, 2.75) is 37.2 Å². The Morgan fingerprint density at radius 3 is 2.55 bits per heavy atom. The lowest BCUT2D eigenvalue weighted by Gasteiger charge is -2.40. The Hall–Kier alpha value is -0.510. The normalized spacial score (nSPS) is 30.4. The van der Waals surface area contributed by atoms with Gasteiger partial charge in [-0.1, -0.05) is 12.1 Å². The maximum absolute atomic E-state index is 3.56. The lowest BCUT2D eigenvalue weighted by atomic mass is 9.84. The zero-order valence-electron chi connectivity index (χ0n) is 13.0. The minimum Gasteiger partial charge on any atom is -0.316 e. The Morgan fingerprint density at radius 2 is 1.95 bits per heavy atom. The molecule has 2 aliphatic rings. The summed E-state index contributed by atoms with van der Waals surface area (Å²) in [6.07, 6.45) is 2.14. The van der Waals surface area contributed by atoms with Gasteiger partial charge in [-0.15, -0.1) is 11.8 Å². The van der Waals surface area contributed by atoms with Gasteiger partial charge in [0, 0.05) is 29.6 Å². The van der Waals surface area contributed by atoms with E-state index in [1.54, 1.807) is 0 Å². The summed E-state index contributed by atoms with van der Waals surface area (Å²) in [4.78, 5) is 4.07. The third-order valence-corrected chi connectivity index (χ3v) is 6.23. The van der Waals surface area contributed by atoms with Crippen LogP contribution in [0.2, 0.25) is 0 Å².